The number of nitrogens with zero attached hydrogens (tertiary/aromatic N) is 4. The molecule has 17 heavy (non-hydrogen) atoms. The van der Waals surface area contributed by atoms with Gasteiger partial charge in [-0.1, -0.05) is 0 Å². The Kier molecular flexibility index (Phi) is 5.07. The second-order valence-corrected chi connectivity index (χ2v) is 3.56. The smallest absolute Gasteiger partial charge is 0.214 e. The predicted octanol–water partition coefficient (Wildman–Crippen LogP) is -0.542. The highest BCUT2D eigenvalue weighted by molar-refractivity contribution is 5.63. The molecule has 8 heteroatoms. The van der Waals surface area contributed by atoms with Crippen molar-refractivity contribution in [2.75, 3.05) is 19.7 Å². The van der Waals surface area contributed by atoms with Crippen molar-refractivity contribution in [1.82, 2.24) is 9.81 Å². The highest BCUT2D eigenvalue weighted by Gasteiger charge is 2.32. The van der Waals surface area contributed by atoms with E-state index >= 15 is 0 Å². The van der Waals surface area contributed by atoms with Crippen molar-refractivity contribution in [3.8, 4) is 6.07 Å². The minimum Gasteiger partial charge on any atom is -0.530 e. The Bertz CT molecular complexity index is 360. The second-order valence-electron chi connectivity index (χ2n) is 3.56. The summed E-state index contributed by atoms with van der Waals surface area (Å²) in [5.41, 5.74) is 6.45. The number of carbonyl (C=O) groups excluding carboxylic acids is 1. The summed E-state index contributed by atoms with van der Waals surface area (Å²) in [6.45, 7) is 0.596. The lowest BCUT2D eigenvalue weighted by molar-refractivity contribution is -0.279. The van der Waals surface area contributed by atoms with E-state index in [1.54, 1.807) is 0 Å². The van der Waals surface area contributed by atoms with Gasteiger partial charge in [0.05, 0.1) is 18.6 Å². The van der Waals surface area contributed by atoms with Gasteiger partial charge in [0.2, 0.25) is 4.91 Å². The van der Waals surface area contributed by atoms with Gasteiger partial charge in [0.15, 0.2) is 0 Å². The molecule has 2 atom stereocenters. The third-order valence-electron chi connectivity index (χ3n) is 2.52. The van der Waals surface area contributed by atoms with Crippen LogP contribution in [0, 0.1) is 22.8 Å². The maximum Gasteiger partial charge on any atom is 0.214 e. The summed E-state index contributed by atoms with van der Waals surface area (Å²) >= 11 is 0. The molecule has 1 amide bonds. The van der Waals surface area contributed by atoms with Gasteiger partial charge in [-0.2, -0.15) is 5.26 Å². The first kappa shape index (κ1) is 13.1. The van der Waals surface area contributed by atoms with Crippen LogP contribution in [-0.2, 0) is 4.74 Å². The number of ether oxygens (including phenoxy) is 1. The Balaban J connectivity index is 2.61. The van der Waals surface area contributed by atoms with Crippen molar-refractivity contribution in [3.63, 3.8) is 0 Å². The second kappa shape index (κ2) is 6.58. The topological polar surface area (TPSA) is 127 Å². The zero-order valence-corrected chi connectivity index (χ0v) is 9.20. The molecule has 1 aliphatic rings. The number of hydrogen-bond acceptors (Lipinski definition) is 6. The van der Waals surface area contributed by atoms with Crippen LogP contribution in [0.1, 0.15) is 12.8 Å². The van der Waals surface area contributed by atoms with Crippen LogP contribution in [0.3, 0.4) is 0 Å². The molecule has 0 saturated carbocycles. The number of nitriles is 1. The van der Waals surface area contributed by atoms with Crippen LogP contribution in [0.5, 0.6) is 0 Å². The summed E-state index contributed by atoms with van der Waals surface area (Å²) < 4.78 is 5.31. The maximum atomic E-state index is 10.9. The number of rotatable bonds is 4. The number of nitrogens with one attached hydrogen (secondary N) is 1. The van der Waals surface area contributed by atoms with E-state index in [2.05, 4.69) is 10.0 Å². The average Bonchev–Trinajstić information content (AvgIpc) is 2.34. The van der Waals surface area contributed by atoms with Crippen molar-refractivity contribution in [2.45, 2.75) is 19.1 Å². The minimum atomic E-state index is -1.34. The molecule has 0 aromatic rings. The molecule has 1 saturated heterocycles. The molecule has 1 fully saturated rings. The fourth-order valence-corrected chi connectivity index (χ4v) is 1.76. The molecule has 92 valence electrons. The van der Waals surface area contributed by atoms with E-state index in [1.165, 1.54) is 0 Å². The lowest BCUT2D eigenvalue weighted by Gasteiger charge is -2.39. The van der Waals surface area contributed by atoms with Gasteiger partial charge in [-0.25, -0.2) is 0 Å². The largest absolute Gasteiger partial charge is 0.530 e. The van der Waals surface area contributed by atoms with E-state index in [9.17, 15) is 9.90 Å². The molecule has 1 heterocycles. The number of hydrogen-bond donors (Lipinski definition) is 1. The van der Waals surface area contributed by atoms with Gasteiger partial charge >= 0.3 is 0 Å². The SMILES string of the molecule is N#CC1CCCN(C(=O)[O-])C1OCCN=[N+]=N. The van der Waals surface area contributed by atoms with Crippen molar-refractivity contribution < 1.29 is 14.6 Å². The summed E-state index contributed by atoms with van der Waals surface area (Å²) in [5.74, 6) is -0.491. The van der Waals surface area contributed by atoms with Gasteiger partial charge in [-0.3, -0.25) is 0 Å². The van der Waals surface area contributed by atoms with Crippen LogP contribution in [-0.4, -0.2) is 36.9 Å². The molecule has 0 aromatic carbocycles. The van der Waals surface area contributed by atoms with E-state index in [1.807, 2.05) is 6.07 Å². The molecule has 8 nitrogen and oxygen atoms in total. The van der Waals surface area contributed by atoms with E-state index in [4.69, 9.17) is 15.5 Å². The molecule has 1 rings (SSSR count). The van der Waals surface area contributed by atoms with Gasteiger partial charge in [0.25, 0.3) is 0 Å². The Hall–Kier alpha value is -1.97. The third kappa shape index (κ3) is 3.52. The van der Waals surface area contributed by atoms with Gasteiger partial charge < -0.3 is 19.5 Å². The predicted molar refractivity (Wildman–Crippen MR) is 52.3 cm³/mol. The lowest BCUT2D eigenvalue weighted by atomic mass is 9.97. The third-order valence-corrected chi connectivity index (χ3v) is 2.52. The van der Waals surface area contributed by atoms with Crippen molar-refractivity contribution in [2.24, 2.45) is 11.0 Å². The summed E-state index contributed by atoms with van der Waals surface area (Å²) in [4.78, 5) is 14.7. The molecule has 0 aliphatic carbocycles. The van der Waals surface area contributed by atoms with E-state index in [-0.39, 0.29) is 13.2 Å². The van der Waals surface area contributed by atoms with Gasteiger partial charge in [0.1, 0.15) is 29.5 Å². The first-order valence-corrected chi connectivity index (χ1v) is 5.22. The summed E-state index contributed by atoms with van der Waals surface area (Å²) in [5, 5.41) is 23.2. The zero-order valence-electron chi connectivity index (χ0n) is 9.20. The lowest BCUT2D eigenvalue weighted by Crippen LogP contribution is -2.54. The average molecular weight is 239 g/mol. The van der Waals surface area contributed by atoms with E-state index in [0.29, 0.717) is 19.4 Å². The van der Waals surface area contributed by atoms with Crippen LogP contribution >= 0.6 is 0 Å². The number of amides is 1. The molecule has 0 aromatic heterocycles. The Morgan fingerprint density at radius 3 is 3.12 bits per heavy atom. The fraction of sp³-hybridized carbons (Fsp3) is 0.778. The van der Waals surface area contributed by atoms with Crippen LogP contribution in [0.15, 0.2) is 5.11 Å². The monoisotopic (exact) mass is 239 g/mol. The molecule has 2 unspecified atom stereocenters. The van der Waals surface area contributed by atoms with E-state index in [0.717, 1.165) is 4.90 Å². The summed E-state index contributed by atoms with van der Waals surface area (Å²) in [6, 6.07) is 2.03. The standard InChI is InChI=1S/C9H13N5O3/c10-6-7-2-1-4-14(9(15)16)8(7)17-5-3-12-13-11/h7-8,11H,1-5H2. The molecule has 1 N–H and O–H groups in total. The summed E-state index contributed by atoms with van der Waals surface area (Å²) in [7, 11) is 0. The molecule has 0 radical (unpaired) electrons. The summed E-state index contributed by atoms with van der Waals surface area (Å²) in [6.07, 6.45) is -0.916. The van der Waals surface area contributed by atoms with Crippen LogP contribution in [0.2, 0.25) is 0 Å². The van der Waals surface area contributed by atoms with Crippen LogP contribution < -0.4 is 10.0 Å². The number of carbonyl (C=O) groups is 1. The molecule has 0 bridgehead atoms. The molecule has 1 aliphatic heterocycles. The number of likely N-dealkylation sites (tertiary alicyclic amines) is 1. The zero-order chi connectivity index (χ0) is 12.7. The van der Waals surface area contributed by atoms with Crippen molar-refractivity contribution >= 4 is 6.09 Å². The van der Waals surface area contributed by atoms with Crippen LogP contribution in [0.25, 0.3) is 0 Å². The van der Waals surface area contributed by atoms with Crippen LogP contribution in [0.4, 0.5) is 4.79 Å². The van der Waals surface area contributed by atoms with Gasteiger partial charge in [-0.15, -0.1) is 0 Å². The quantitative estimate of drug-likeness (QED) is 0.401. The molecule has 0 spiro atoms. The molecular weight excluding hydrogens is 226 g/mol. The highest BCUT2D eigenvalue weighted by atomic mass is 16.5. The highest BCUT2D eigenvalue weighted by Crippen LogP contribution is 2.23. The molecular formula is C9H13N5O3. The first-order valence-electron chi connectivity index (χ1n) is 5.22. The number of piperidine rings is 1. The van der Waals surface area contributed by atoms with Gasteiger partial charge in [0, 0.05) is 6.54 Å². The van der Waals surface area contributed by atoms with Gasteiger partial charge in [-0.05, 0) is 12.8 Å². The Morgan fingerprint density at radius 2 is 2.53 bits per heavy atom. The normalized spacial score (nSPS) is 23.6. The fourth-order valence-electron chi connectivity index (χ4n) is 1.76. The Labute approximate surface area is 98.0 Å². The van der Waals surface area contributed by atoms with Crippen molar-refractivity contribution in [1.29, 1.82) is 10.8 Å². The van der Waals surface area contributed by atoms with E-state index < -0.39 is 18.2 Å². The maximum absolute atomic E-state index is 10.9. The van der Waals surface area contributed by atoms with Crippen molar-refractivity contribution in [3.05, 3.63) is 0 Å². The first-order chi connectivity index (χ1) is 8.20. The number of carboxylic acid groups (broad SMARTS) is 1. The minimum absolute atomic E-state index is 0.120. The Morgan fingerprint density at radius 1 is 1.76 bits per heavy atom.